The minimum absolute atomic E-state index is 0.187. The van der Waals surface area contributed by atoms with Gasteiger partial charge in [-0.15, -0.1) is 0 Å². The van der Waals surface area contributed by atoms with Crippen LogP contribution in [0.25, 0.3) is 5.57 Å². The fraction of sp³-hybridized carbons (Fsp3) is 0.647. The summed E-state index contributed by atoms with van der Waals surface area (Å²) in [6.07, 6.45) is 14.4. The van der Waals surface area contributed by atoms with Gasteiger partial charge in [0.1, 0.15) is 23.9 Å². The number of Topliss-reactive ketones (excluding diaryl/α,β-unsaturated/α-hetero) is 2. The normalized spacial score (nSPS) is 37.8. The first-order chi connectivity index (χ1) is 18.3. The van der Waals surface area contributed by atoms with E-state index in [0.29, 0.717) is 35.2 Å². The molecule has 0 amide bonds. The number of rotatable bonds is 7. The quantitative estimate of drug-likeness (QED) is 0.372. The van der Waals surface area contributed by atoms with Crippen LogP contribution >= 0.6 is 0 Å². The molecule has 0 radical (unpaired) electrons. The molecule has 4 saturated carbocycles. The summed E-state index contributed by atoms with van der Waals surface area (Å²) >= 11 is 0. The molecule has 1 aromatic rings. The predicted molar refractivity (Wildman–Crippen MR) is 150 cm³/mol. The third-order valence-corrected chi connectivity index (χ3v) is 11.6. The van der Waals surface area contributed by atoms with Crippen molar-refractivity contribution in [1.29, 1.82) is 0 Å². The van der Waals surface area contributed by atoms with Crippen molar-refractivity contribution in [3.8, 4) is 5.75 Å². The van der Waals surface area contributed by atoms with Crippen LogP contribution in [0.2, 0.25) is 0 Å². The van der Waals surface area contributed by atoms with E-state index in [4.69, 9.17) is 9.47 Å². The summed E-state index contributed by atoms with van der Waals surface area (Å²) in [4.78, 5) is 25.0. The van der Waals surface area contributed by atoms with Gasteiger partial charge in [-0.3, -0.25) is 9.59 Å². The van der Waals surface area contributed by atoms with Gasteiger partial charge in [-0.1, -0.05) is 38.6 Å². The summed E-state index contributed by atoms with van der Waals surface area (Å²) in [6.45, 7) is 9.18. The van der Waals surface area contributed by atoms with Crippen LogP contribution in [0.5, 0.6) is 5.75 Å². The number of para-hydroxylation sites is 1. The van der Waals surface area contributed by atoms with E-state index in [2.05, 4.69) is 26.5 Å². The number of ether oxygens (including phenoxy) is 2. The first-order valence-electron chi connectivity index (χ1n) is 15.1. The molecular formula is C34H44O4. The van der Waals surface area contributed by atoms with E-state index in [-0.39, 0.29) is 23.9 Å². The molecule has 0 aromatic heterocycles. The molecule has 0 spiro atoms. The Kier molecular flexibility index (Phi) is 6.91. The first-order valence-corrected chi connectivity index (χ1v) is 15.1. The van der Waals surface area contributed by atoms with Gasteiger partial charge in [-0.2, -0.15) is 0 Å². The second kappa shape index (κ2) is 10.1. The molecule has 38 heavy (non-hydrogen) atoms. The summed E-state index contributed by atoms with van der Waals surface area (Å²) in [6, 6.07) is 8.04. The molecule has 4 nitrogen and oxygen atoms in total. The molecule has 5 aliphatic rings. The van der Waals surface area contributed by atoms with Crippen molar-refractivity contribution in [3.63, 3.8) is 0 Å². The summed E-state index contributed by atoms with van der Waals surface area (Å²) in [5.74, 6) is 5.03. The Labute approximate surface area is 228 Å². The van der Waals surface area contributed by atoms with Gasteiger partial charge in [0.05, 0.1) is 6.10 Å². The highest BCUT2D eigenvalue weighted by Gasteiger charge is 2.60. The maximum absolute atomic E-state index is 12.9. The van der Waals surface area contributed by atoms with Crippen molar-refractivity contribution >= 4 is 17.1 Å². The summed E-state index contributed by atoms with van der Waals surface area (Å²) < 4.78 is 12.2. The lowest BCUT2D eigenvalue weighted by Crippen LogP contribution is -2.54. The highest BCUT2D eigenvalue weighted by atomic mass is 16.5. The lowest BCUT2D eigenvalue weighted by Gasteiger charge is -2.60. The number of carbonyl (C=O) groups is 2. The molecular weight excluding hydrogens is 472 g/mol. The average molecular weight is 517 g/mol. The van der Waals surface area contributed by atoms with Gasteiger partial charge >= 0.3 is 0 Å². The van der Waals surface area contributed by atoms with Gasteiger partial charge in [0.25, 0.3) is 0 Å². The van der Waals surface area contributed by atoms with Gasteiger partial charge < -0.3 is 9.47 Å². The van der Waals surface area contributed by atoms with E-state index in [1.165, 1.54) is 37.7 Å². The lowest BCUT2D eigenvalue weighted by atomic mass is 9.45. The molecule has 0 bridgehead atoms. The number of allylic oxidation sites excluding steroid dienone is 2. The Morgan fingerprint density at radius 2 is 1.87 bits per heavy atom. The van der Waals surface area contributed by atoms with Crippen molar-refractivity contribution < 1.29 is 19.1 Å². The molecule has 0 unspecified atom stereocenters. The molecule has 204 valence electrons. The molecule has 7 atom stereocenters. The van der Waals surface area contributed by atoms with E-state index >= 15 is 0 Å². The third kappa shape index (κ3) is 4.51. The molecule has 1 aromatic carbocycles. The predicted octanol–water partition coefficient (Wildman–Crippen LogP) is 7.71. The third-order valence-electron chi connectivity index (χ3n) is 11.6. The summed E-state index contributed by atoms with van der Waals surface area (Å²) in [5.41, 5.74) is 2.83. The number of carbonyl (C=O) groups excluding carboxylic acids is 2. The molecule has 1 aliphatic heterocycles. The molecule has 4 aliphatic carbocycles. The molecule has 4 heteroatoms. The van der Waals surface area contributed by atoms with Crippen LogP contribution in [-0.2, 0) is 14.3 Å². The molecule has 6 rings (SSSR count). The van der Waals surface area contributed by atoms with Gasteiger partial charge in [-0.25, -0.2) is 0 Å². The van der Waals surface area contributed by atoms with Gasteiger partial charge in [0.15, 0.2) is 5.78 Å². The van der Waals surface area contributed by atoms with Crippen LogP contribution in [0.4, 0.5) is 0 Å². The smallest absolute Gasteiger partial charge is 0.158 e. The largest absolute Gasteiger partial charge is 0.457 e. The van der Waals surface area contributed by atoms with Crippen LogP contribution in [0.3, 0.4) is 0 Å². The number of hydrogen-bond acceptors (Lipinski definition) is 4. The molecule has 4 fully saturated rings. The molecule has 0 N–H and O–H groups in total. The van der Waals surface area contributed by atoms with Gasteiger partial charge in [0.2, 0.25) is 0 Å². The van der Waals surface area contributed by atoms with Crippen LogP contribution in [0, 0.1) is 34.5 Å². The first kappa shape index (κ1) is 26.0. The second-order valence-electron chi connectivity index (χ2n) is 13.4. The Morgan fingerprint density at radius 3 is 2.74 bits per heavy atom. The Balaban J connectivity index is 1.02. The fourth-order valence-electron chi connectivity index (χ4n) is 9.48. The highest BCUT2D eigenvalue weighted by Crippen LogP contribution is 2.66. The van der Waals surface area contributed by atoms with Crippen molar-refractivity contribution in [1.82, 2.24) is 0 Å². The zero-order valence-corrected chi connectivity index (χ0v) is 23.3. The maximum atomic E-state index is 12.9. The van der Waals surface area contributed by atoms with E-state index in [1.54, 1.807) is 0 Å². The van der Waals surface area contributed by atoms with Crippen LogP contribution in [0.1, 0.15) is 96.5 Å². The standard InChI is InChI=1S/C34H44O4/c1-22-19-23(27-9-4-5-10-31(27)38-22)7-6-8-26(36)21-37-32-14-13-29-28-12-11-24-20-25(35)15-17-33(24,2)30(28)16-18-34(29,32)3/h4-5,9-10,19,24,28-30,32H,1,6-8,11-18,20-21H2,2-3H3/t24-,28-,29-,30-,32-,33-,34-/m0/s1. The Morgan fingerprint density at radius 1 is 1.05 bits per heavy atom. The van der Waals surface area contributed by atoms with E-state index in [1.807, 2.05) is 24.3 Å². The highest BCUT2D eigenvalue weighted by molar-refractivity contribution is 5.80. The van der Waals surface area contributed by atoms with Gasteiger partial charge in [0, 0.05) is 24.8 Å². The van der Waals surface area contributed by atoms with E-state index in [9.17, 15) is 9.59 Å². The maximum Gasteiger partial charge on any atom is 0.158 e. The number of hydrogen-bond donors (Lipinski definition) is 0. The topological polar surface area (TPSA) is 52.6 Å². The van der Waals surface area contributed by atoms with Crippen LogP contribution in [0.15, 0.2) is 42.7 Å². The van der Waals surface area contributed by atoms with Crippen molar-refractivity contribution in [2.75, 3.05) is 6.61 Å². The number of benzene rings is 1. The zero-order valence-electron chi connectivity index (χ0n) is 23.3. The van der Waals surface area contributed by atoms with Crippen molar-refractivity contribution in [3.05, 3.63) is 48.2 Å². The second-order valence-corrected chi connectivity index (χ2v) is 13.4. The van der Waals surface area contributed by atoms with Crippen molar-refractivity contribution in [2.45, 2.75) is 97.0 Å². The molecule has 0 saturated heterocycles. The fourth-order valence-corrected chi connectivity index (χ4v) is 9.48. The Hall–Kier alpha value is -2.20. The number of fused-ring (bicyclic) bond motifs is 6. The zero-order chi connectivity index (χ0) is 26.5. The number of ketones is 2. The SMILES string of the molecule is C=C1C=C(CCCC(=O)CO[C@H]2CC[C@H]3[C@@H]4CC[C@H]5CC(=O)CC[C@]5(C)[C@H]4CC[C@]23C)c2ccccc2O1. The minimum Gasteiger partial charge on any atom is -0.457 e. The van der Waals surface area contributed by atoms with E-state index < -0.39 is 0 Å². The molecule has 1 heterocycles. The van der Waals surface area contributed by atoms with Crippen LogP contribution in [-0.4, -0.2) is 24.3 Å². The van der Waals surface area contributed by atoms with E-state index in [0.717, 1.165) is 61.7 Å². The van der Waals surface area contributed by atoms with Crippen molar-refractivity contribution in [2.24, 2.45) is 34.5 Å². The summed E-state index contributed by atoms with van der Waals surface area (Å²) in [7, 11) is 0. The lowest BCUT2D eigenvalue weighted by molar-refractivity contribution is -0.148. The van der Waals surface area contributed by atoms with Crippen LogP contribution < -0.4 is 4.74 Å². The summed E-state index contributed by atoms with van der Waals surface area (Å²) in [5, 5.41) is 0. The van der Waals surface area contributed by atoms with Gasteiger partial charge in [-0.05, 0) is 110 Å². The minimum atomic E-state index is 0.187. The Bertz CT molecular complexity index is 1150. The monoisotopic (exact) mass is 516 g/mol. The average Bonchev–Trinajstić information content (AvgIpc) is 3.24.